The summed E-state index contributed by atoms with van der Waals surface area (Å²) in [6, 6.07) is 0. The van der Waals surface area contributed by atoms with Gasteiger partial charge in [-0.2, -0.15) is 13.3 Å². The molecule has 0 atom stereocenters. The smallest absolute Gasteiger partial charge is 0.366 e. The van der Waals surface area contributed by atoms with Crippen LogP contribution in [-0.4, -0.2) is 19.6 Å². The molecule has 1 N–H and O–H groups in total. The number of rotatable bonds is 12. The van der Waals surface area contributed by atoms with Gasteiger partial charge in [0.25, 0.3) is 0 Å². The molecule has 0 fully saturated rings. The minimum Gasteiger partial charge on any atom is -0.366 e. The highest BCUT2D eigenvalue weighted by Gasteiger charge is 1.98. The highest BCUT2D eigenvalue weighted by atomic mass is 32.3. The van der Waals surface area contributed by atoms with Crippen molar-refractivity contribution in [2.24, 2.45) is 0 Å². The molecule has 0 aromatic carbocycles. The van der Waals surface area contributed by atoms with Gasteiger partial charge in [0.2, 0.25) is 0 Å². The first-order chi connectivity index (χ1) is 8.56. The zero-order valence-corrected chi connectivity index (χ0v) is 11.2. The van der Waals surface area contributed by atoms with E-state index >= 15 is 0 Å². The van der Waals surface area contributed by atoms with E-state index in [0.29, 0.717) is 12.9 Å². The van der Waals surface area contributed by atoms with E-state index in [2.05, 4.69) is 25.9 Å². The van der Waals surface area contributed by atoms with Gasteiger partial charge in [0.1, 0.15) is 6.26 Å². The first-order valence-electron chi connectivity index (χ1n) is 5.82. The average Bonchev–Trinajstić information content (AvgIpc) is 2.29. The van der Waals surface area contributed by atoms with Gasteiger partial charge in [-0.25, -0.2) is 0 Å². The van der Waals surface area contributed by atoms with Crippen molar-refractivity contribution in [2.45, 2.75) is 45.4 Å². The molecule has 0 aromatic heterocycles. The van der Waals surface area contributed by atoms with E-state index < -0.39 is 10.4 Å². The van der Waals surface area contributed by atoms with Gasteiger partial charge in [0.15, 0.2) is 6.26 Å². The van der Waals surface area contributed by atoms with Gasteiger partial charge >= 0.3 is 10.4 Å². The molecule has 0 saturated heterocycles. The predicted octanol–water partition coefficient (Wildman–Crippen LogP) is 2.52. The number of unbranched alkanes of at least 4 members (excludes halogenated alkanes) is 5. The second-order valence-corrected chi connectivity index (χ2v) is 4.60. The molecular weight excluding hydrogens is 264 g/mol. The molecule has 0 aliphatic rings. The van der Waals surface area contributed by atoms with Crippen LogP contribution in [0, 0.1) is 0 Å². The van der Waals surface area contributed by atoms with E-state index in [0.717, 1.165) is 19.1 Å². The molecule has 108 valence electrons. The Hall–Kier alpha value is -0.830. The van der Waals surface area contributed by atoms with Crippen molar-refractivity contribution >= 4 is 10.4 Å². The largest absolute Gasteiger partial charge is 0.446 e. The fourth-order valence-electron chi connectivity index (χ4n) is 1.14. The summed E-state index contributed by atoms with van der Waals surface area (Å²) in [4.78, 5) is 8.90. The molecular formula is C10H20O7S. The second kappa shape index (κ2) is 11.3. The lowest BCUT2D eigenvalue weighted by Crippen LogP contribution is -1.98. The van der Waals surface area contributed by atoms with Crippen molar-refractivity contribution < 1.29 is 32.0 Å². The normalized spacial score (nSPS) is 11.9. The van der Waals surface area contributed by atoms with E-state index in [1.807, 2.05) is 0 Å². The van der Waals surface area contributed by atoms with E-state index in [1.54, 1.807) is 0 Å². The average molecular weight is 284 g/mol. The lowest BCUT2D eigenvalue weighted by atomic mass is 10.1. The van der Waals surface area contributed by atoms with Crippen LogP contribution in [0.1, 0.15) is 45.4 Å². The van der Waals surface area contributed by atoms with E-state index in [1.165, 1.54) is 25.7 Å². The highest BCUT2D eigenvalue weighted by molar-refractivity contribution is 7.81. The van der Waals surface area contributed by atoms with Crippen molar-refractivity contribution in [3.8, 4) is 0 Å². The topological polar surface area (TPSA) is 91.3 Å². The first kappa shape index (κ1) is 17.2. The minimum atomic E-state index is -4.50. The minimum absolute atomic E-state index is 0.388. The maximum absolute atomic E-state index is 10.1. The van der Waals surface area contributed by atoms with Crippen LogP contribution in [0.5, 0.6) is 0 Å². The molecule has 0 rings (SSSR count). The van der Waals surface area contributed by atoms with Crippen molar-refractivity contribution in [2.75, 3.05) is 6.61 Å². The Labute approximate surface area is 107 Å². The maximum atomic E-state index is 10.1. The summed E-state index contributed by atoms with van der Waals surface area (Å²) >= 11 is 0. The first-order valence-corrected chi connectivity index (χ1v) is 7.18. The Bertz CT molecular complexity index is 299. The fourth-order valence-corrected chi connectivity index (χ4v) is 1.33. The standard InChI is InChI=1S/C10H20O7S/c1-2-3-4-5-6-7-8-14-17-15-9-10-16-18(11,12)13/h9-10H,2-8H2,1H3,(H,11,12,13). The molecule has 0 aliphatic carbocycles. The molecule has 0 aromatic rings. The van der Waals surface area contributed by atoms with Crippen LogP contribution < -0.4 is 0 Å². The molecule has 0 saturated carbocycles. The number of hydrogen-bond donors (Lipinski definition) is 1. The molecule has 0 bridgehead atoms. The van der Waals surface area contributed by atoms with E-state index in [9.17, 15) is 8.42 Å². The molecule has 8 heteroatoms. The SMILES string of the molecule is CCCCCCCCOOOC=COS(=O)(=O)O. The summed E-state index contributed by atoms with van der Waals surface area (Å²) in [5.74, 6) is 0. The molecule has 0 amide bonds. The Morgan fingerprint density at radius 3 is 2.39 bits per heavy atom. The van der Waals surface area contributed by atoms with Crippen LogP contribution >= 0.6 is 0 Å². The van der Waals surface area contributed by atoms with Crippen molar-refractivity contribution in [1.82, 2.24) is 0 Å². The van der Waals surface area contributed by atoms with Gasteiger partial charge in [-0.15, -0.1) is 0 Å². The Morgan fingerprint density at radius 1 is 1.06 bits per heavy atom. The van der Waals surface area contributed by atoms with Gasteiger partial charge in [0, 0.05) is 0 Å². The van der Waals surface area contributed by atoms with Crippen LogP contribution in [0.25, 0.3) is 0 Å². The molecule has 0 unspecified atom stereocenters. The molecule has 0 spiro atoms. The zero-order valence-electron chi connectivity index (χ0n) is 10.4. The Kier molecular flexibility index (Phi) is 10.8. The summed E-state index contributed by atoms with van der Waals surface area (Å²) in [6.07, 6.45) is 8.15. The molecule has 0 aliphatic heterocycles. The lowest BCUT2D eigenvalue weighted by molar-refractivity contribution is -0.490. The van der Waals surface area contributed by atoms with Gasteiger partial charge in [-0.05, 0) is 11.5 Å². The summed E-state index contributed by atoms with van der Waals surface area (Å²) in [5.41, 5.74) is 0. The molecule has 0 radical (unpaired) electrons. The Balaban J connectivity index is 3.16. The Morgan fingerprint density at radius 2 is 1.72 bits per heavy atom. The quantitative estimate of drug-likeness (QED) is 0.193. The van der Waals surface area contributed by atoms with Crippen LogP contribution in [-0.2, 0) is 29.4 Å². The monoisotopic (exact) mass is 284 g/mol. The third kappa shape index (κ3) is 15.2. The summed E-state index contributed by atoms with van der Waals surface area (Å²) in [6.45, 7) is 2.55. The van der Waals surface area contributed by atoms with Crippen LogP contribution in [0.15, 0.2) is 12.5 Å². The maximum Gasteiger partial charge on any atom is 0.446 e. The highest BCUT2D eigenvalue weighted by Crippen LogP contribution is 2.04. The van der Waals surface area contributed by atoms with E-state index in [4.69, 9.17) is 4.55 Å². The van der Waals surface area contributed by atoms with Gasteiger partial charge in [0.05, 0.1) is 6.61 Å². The van der Waals surface area contributed by atoms with Crippen molar-refractivity contribution in [3.63, 3.8) is 0 Å². The summed E-state index contributed by atoms with van der Waals surface area (Å²) < 4.78 is 32.1. The fraction of sp³-hybridized carbons (Fsp3) is 0.800. The van der Waals surface area contributed by atoms with Crippen LogP contribution in [0.2, 0.25) is 0 Å². The summed E-state index contributed by atoms with van der Waals surface area (Å²) in [7, 11) is -4.50. The molecule has 7 nitrogen and oxygen atoms in total. The van der Waals surface area contributed by atoms with Crippen LogP contribution in [0.3, 0.4) is 0 Å². The zero-order chi connectivity index (χ0) is 13.7. The summed E-state index contributed by atoms with van der Waals surface area (Å²) in [5, 5.41) is 4.23. The number of hydrogen-bond acceptors (Lipinski definition) is 6. The van der Waals surface area contributed by atoms with Gasteiger partial charge in [-0.1, -0.05) is 39.0 Å². The predicted molar refractivity (Wildman–Crippen MR) is 63.3 cm³/mol. The van der Waals surface area contributed by atoms with Crippen molar-refractivity contribution in [3.05, 3.63) is 12.5 Å². The second-order valence-electron chi connectivity index (χ2n) is 3.55. The third-order valence-electron chi connectivity index (χ3n) is 1.96. The van der Waals surface area contributed by atoms with Gasteiger partial charge < -0.3 is 9.07 Å². The third-order valence-corrected chi connectivity index (χ3v) is 2.31. The van der Waals surface area contributed by atoms with E-state index in [-0.39, 0.29) is 0 Å². The lowest BCUT2D eigenvalue weighted by Gasteiger charge is -2.01. The molecule has 18 heavy (non-hydrogen) atoms. The van der Waals surface area contributed by atoms with Crippen LogP contribution in [0.4, 0.5) is 0 Å². The van der Waals surface area contributed by atoms with Crippen molar-refractivity contribution in [1.29, 1.82) is 0 Å². The molecule has 0 heterocycles. The van der Waals surface area contributed by atoms with Gasteiger partial charge in [-0.3, -0.25) is 4.55 Å².